The van der Waals surface area contributed by atoms with E-state index in [0.29, 0.717) is 17.4 Å². The minimum atomic E-state index is -0.130. The summed E-state index contributed by atoms with van der Waals surface area (Å²) in [4.78, 5) is 12.0. The van der Waals surface area contributed by atoms with E-state index in [1.165, 1.54) is 0 Å². The maximum Gasteiger partial charge on any atom is 0.223 e. The lowest BCUT2D eigenvalue weighted by molar-refractivity contribution is -0.122. The Kier molecular flexibility index (Phi) is 6.29. The molecule has 0 aliphatic heterocycles. The van der Waals surface area contributed by atoms with Gasteiger partial charge in [-0.1, -0.05) is 29.8 Å². The van der Waals surface area contributed by atoms with Gasteiger partial charge in [-0.2, -0.15) is 0 Å². The molecule has 23 heavy (non-hydrogen) atoms. The third kappa shape index (κ3) is 5.18. The number of amides is 1. The zero-order valence-electron chi connectivity index (χ0n) is 13.2. The maximum atomic E-state index is 12.0. The van der Waals surface area contributed by atoms with Crippen LogP contribution in [0.1, 0.15) is 24.9 Å². The Morgan fingerprint density at radius 1 is 1.17 bits per heavy atom. The Hall–Kier alpha value is -2.20. The van der Waals surface area contributed by atoms with Crippen molar-refractivity contribution in [3.05, 3.63) is 59.1 Å². The minimum Gasteiger partial charge on any atom is -0.496 e. The van der Waals surface area contributed by atoms with Crippen molar-refractivity contribution in [2.24, 2.45) is 0 Å². The largest absolute Gasteiger partial charge is 0.496 e. The molecular weight excluding hydrogens is 314 g/mol. The van der Waals surface area contributed by atoms with Crippen LogP contribution in [0.4, 0.5) is 0 Å². The highest BCUT2D eigenvalue weighted by molar-refractivity contribution is 6.30. The molecule has 1 amide bonds. The molecule has 2 aromatic carbocycles. The SMILES string of the molecule is COc1ccccc1[C@@H](C)NC(=O)CCOc1ccc(Cl)cc1. The Balaban J connectivity index is 1.81. The van der Waals surface area contributed by atoms with Crippen LogP contribution in [0.25, 0.3) is 0 Å². The van der Waals surface area contributed by atoms with Crippen LogP contribution in [-0.4, -0.2) is 19.6 Å². The molecule has 0 saturated carbocycles. The molecule has 0 radical (unpaired) electrons. The lowest BCUT2D eigenvalue weighted by Crippen LogP contribution is -2.28. The molecule has 0 fully saturated rings. The number of carbonyl (C=O) groups is 1. The molecule has 0 saturated heterocycles. The molecule has 0 heterocycles. The average Bonchev–Trinajstić information content (AvgIpc) is 2.56. The first-order chi connectivity index (χ1) is 11.1. The quantitative estimate of drug-likeness (QED) is 0.833. The molecule has 2 rings (SSSR count). The van der Waals surface area contributed by atoms with Crippen molar-refractivity contribution in [2.45, 2.75) is 19.4 Å². The van der Waals surface area contributed by atoms with Crippen LogP contribution in [0.5, 0.6) is 11.5 Å². The third-order valence-electron chi connectivity index (χ3n) is 3.39. The molecule has 1 atom stereocenters. The van der Waals surface area contributed by atoms with Crippen molar-refractivity contribution in [3.63, 3.8) is 0 Å². The van der Waals surface area contributed by atoms with Crippen molar-refractivity contribution in [1.82, 2.24) is 5.32 Å². The zero-order chi connectivity index (χ0) is 16.7. The van der Waals surface area contributed by atoms with E-state index in [1.54, 1.807) is 31.4 Å². The fraction of sp³-hybridized carbons (Fsp3) is 0.278. The molecule has 4 nitrogen and oxygen atoms in total. The number of hydrogen-bond acceptors (Lipinski definition) is 3. The smallest absolute Gasteiger partial charge is 0.223 e. The van der Waals surface area contributed by atoms with Crippen LogP contribution in [0.3, 0.4) is 0 Å². The van der Waals surface area contributed by atoms with Gasteiger partial charge in [-0.05, 0) is 37.3 Å². The number of hydrogen-bond donors (Lipinski definition) is 1. The molecule has 0 spiro atoms. The van der Waals surface area contributed by atoms with Gasteiger partial charge in [0.1, 0.15) is 11.5 Å². The predicted molar refractivity (Wildman–Crippen MR) is 91.1 cm³/mol. The van der Waals surface area contributed by atoms with Crippen LogP contribution < -0.4 is 14.8 Å². The average molecular weight is 334 g/mol. The third-order valence-corrected chi connectivity index (χ3v) is 3.65. The first-order valence-electron chi connectivity index (χ1n) is 7.41. The summed E-state index contributed by atoms with van der Waals surface area (Å²) in [6, 6.07) is 14.6. The summed E-state index contributed by atoms with van der Waals surface area (Å²) in [5.41, 5.74) is 0.946. The highest BCUT2D eigenvalue weighted by Crippen LogP contribution is 2.24. The number of nitrogens with one attached hydrogen (secondary N) is 1. The predicted octanol–water partition coefficient (Wildman–Crippen LogP) is 3.99. The number of ether oxygens (including phenoxy) is 2. The molecule has 0 bridgehead atoms. The van der Waals surface area contributed by atoms with Crippen molar-refractivity contribution in [1.29, 1.82) is 0 Å². The molecule has 0 unspecified atom stereocenters. The van der Waals surface area contributed by atoms with Gasteiger partial charge in [-0.25, -0.2) is 0 Å². The van der Waals surface area contributed by atoms with Gasteiger partial charge in [0.2, 0.25) is 5.91 Å². The Morgan fingerprint density at radius 2 is 1.87 bits per heavy atom. The summed E-state index contributed by atoms with van der Waals surface area (Å²) in [7, 11) is 1.62. The van der Waals surface area contributed by atoms with Gasteiger partial charge in [0.05, 0.1) is 26.2 Å². The van der Waals surface area contributed by atoms with Gasteiger partial charge < -0.3 is 14.8 Å². The van der Waals surface area contributed by atoms with Crippen LogP contribution in [0, 0.1) is 0 Å². The molecular formula is C18H20ClNO3. The number of rotatable bonds is 7. The molecule has 1 N–H and O–H groups in total. The fourth-order valence-electron chi connectivity index (χ4n) is 2.21. The highest BCUT2D eigenvalue weighted by Gasteiger charge is 2.13. The normalized spacial score (nSPS) is 11.6. The summed E-state index contributed by atoms with van der Waals surface area (Å²) < 4.78 is 10.8. The molecule has 5 heteroatoms. The topological polar surface area (TPSA) is 47.6 Å². The van der Waals surface area contributed by atoms with Gasteiger partial charge in [0.15, 0.2) is 0 Å². The van der Waals surface area contributed by atoms with E-state index in [0.717, 1.165) is 11.3 Å². The molecule has 0 aliphatic carbocycles. The Morgan fingerprint density at radius 3 is 2.57 bits per heavy atom. The lowest BCUT2D eigenvalue weighted by Gasteiger charge is -2.17. The van der Waals surface area contributed by atoms with E-state index in [2.05, 4.69) is 5.32 Å². The van der Waals surface area contributed by atoms with Crippen molar-refractivity contribution in [2.75, 3.05) is 13.7 Å². The monoisotopic (exact) mass is 333 g/mol. The minimum absolute atomic E-state index is 0.0719. The van der Waals surface area contributed by atoms with Crippen molar-refractivity contribution >= 4 is 17.5 Å². The van der Waals surface area contributed by atoms with E-state index in [9.17, 15) is 4.79 Å². The van der Waals surface area contributed by atoms with E-state index in [-0.39, 0.29) is 18.4 Å². The maximum absolute atomic E-state index is 12.0. The summed E-state index contributed by atoms with van der Waals surface area (Å²) in [6.45, 7) is 2.24. The van der Waals surface area contributed by atoms with E-state index in [4.69, 9.17) is 21.1 Å². The summed E-state index contributed by atoms with van der Waals surface area (Å²) >= 11 is 5.81. The number of para-hydroxylation sites is 1. The van der Waals surface area contributed by atoms with Crippen LogP contribution in [-0.2, 0) is 4.79 Å². The van der Waals surface area contributed by atoms with Gasteiger partial charge in [-0.3, -0.25) is 4.79 Å². The molecule has 0 aromatic heterocycles. The van der Waals surface area contributed by atoms with Crippen molar-refractivity contribution in [3.8, 4) is 11.5 Å². The van der Waals surface area contributed by atoms with Crippen molar-refractivity contribution < 1.29 is 14.3 Å². The summed E-state index contributed by atoms with van der Waals surface area (Å²) in [5, 5.41) is 3.60. The number of benzene rings is 2. The van der Waals surface area contributed by atoms with E-state index in [1.807, 2.05) is 31.2 Å². The summed E-state index contributed by atoms with van der Waals surface area (Å²) in [5.74, 6) is 1.38. The standard InChI is InChI=1S/C18H20ClNO3/c1-13(16-5-3-4-6-17(16)22-2)20-18(21)11-12-23-15-9-7-14(19)8-10-15/h3-10,13H,11-12H2,1-2H3,(H,20,21)/t13-/m1/s1. The molecule has 0 aliphatic rings. The van der Waals surface area contributed by atoms with Crippen LogP contribution in [0.2, 0.25) is 5.02 Å². The highest BCUT2D eigenvalue weighted by atomic mass is 35.5. The second-order valence-electron chi connectivity index (χ2n) is 5.08. The fourth-order valence-corrected chi connectivity index (χ4v) is 2.33. The number of halogens is 1. The first kappa shape index (κ1) is 17.2. The summed E-state index contributed by atoms with van der Waals surface area (Å²) in [6.07, 6.45) is 0.280. The van der Waals surface area contributed by atoms with Gasteiger partial charge >= 0.3 is 0 Å². The lowest BCUT2D eigenvalue weighted by atomic mass is 10.1. The first-order valence-corrected chi connectivity index (χ1v) is 7.78. The van der Waals surface area contributed by atoms with E-state index >= 15 is 0 Å². The van der Waals surface area contributed by atoms with Crippen LogP contribution >= 0.6 is 11.6 Å². The zero-order valence-corrected chi connectivity index (χ0v) is 14.0. The molecule has 122 valence electrons. The van der Waals surface area contributed by atoms with Gasteiger partial charge in [0.25, 0.3) is 0 Å². The Labute approximate surface area is 141 Å². The van der Waals surface area contributed by atoms with Gasteiger partial charge in [-0.15, -0.1) is 0 Å². The number of carbonyl (C=O) groups excluding carboxylic acids is 1. The van der Waals surface area contributed by atoms with Crippen LogP contribution in [0.15, 0.2) is 48.5 Å². The Bertz CT molecular complexity index is 643. The van der Waals surface area contributed by atoms with Gasteiger partial charge in [0, 0.05) is 10.6 Å². The molecule has 2 aromatic rings. The second kappa shape index (κ2) is 8.44. The number of methoxy groups -OCH3 is 1. The van der Waals surface area contributed by atoms with E-state index < -0.39 is 0 Å². The second-order valence-corrected chi connectivity index (χ2v) is 5.52.